The molecule has 4 nitrogen and oxygen atoms in total. The third-order valence-electron chi connectivity index (χ3n) is 2.91. The van der Waals surface area contributed by atoms with Crippen LogP contribution in [0.25, 0.3) is 0 Å². The number of nitrogens with two attached hydrogens (primary N) is 1. The molecule has 0 radical (unpaired) electrons. The molecule has 2 atom stereocenters. The number of ether oxygens (including phenoxy) is 1. The van der Waals surface area contributed by atoms with Crippen LogP contribution in [-0.4, -0.2) is 43.8 Å². The van der Waals surface area contributed by atoms with E-state index in [0.29, 0.717) is 25.1 Å². The maximum absolute atomic E-state index is 8.52. The highest BCUT2D eigenvalue weighted by molar-refractivity contribution is 4.84. The molecule has 0 aromatic heterocycles. The molecule has 1 aliphatic heterocycles. The first kappa shape index (κ1) is 11.4. The van der Waals surface area contributed by atoms with Crippen LogP contribution in [-0.2, 0) is 4.74 Å². The first-order chi connectivity index (χ1) is 6.81. The Balaban J connectivity index is 2.40. The molecule has 1 aliphatic rings. The standard InChI is InChI=1S/C10H19N3O/c1-14-10-3-6-13(5-2-4-11)9(7-10)8-12/h9-10H,2-3,5-8,12H2,1H3. The fourth-order valence-electron chi connectivity index (χ4n) is 2.01. The monoisotopic (exact) mass is 197 g/mol. The molecular formula is C10H19N3O. The first-order valence-electron chi connectivity index (χ1n) is 5.15. The summed E-state index contributed by atoms with van der Waals surface area (Å²) in [6.07, 6.45) is 2.99. The highest BCUT2D eigenvalue weighted by atomic mass is 16.5. The summed E-state index contributed by atoms with van der Waals surface area (Å²) in [6, 6.07) is 2.56. The van der Waals surface area contributed by atoms with Gasteiger partial charge in [0.1, 0.15) is 0 Å². The van der Waals surface area contributed by atoms with Gasteiger partial charge in [-0.1, -0.05) is 0 Å². The predicted octanol–water partition coefficient (Wildman–Crippen LogP) is 0.338. The van der Waals surface area contributed by atoms with Gasteiger partial charge in [-0.3, -0.25) is 4.90 Å². The molecule has 0 bridgehead atoms. The van der Waals surface area contributed by atoms with Gasteiger partial charge in [0.15, 0.2) is 0 Å². The van der Waals surface area contributed by atoms with Gasteiger partial charge < -0.3 is 10.5 Å². The number of hydrogen-bond donors (Lipinski definition) is 1. The van der Waals surface area contributed by atoms with Crippen molar-refractivity contribution < 1.29 is 4.74 Å². The summed E-state index contributed by atoms with van der Waals surface area (Å²) in [5.41, 5.74) is 5.70. The van der Waals surface area contributed by atoms with E-state index in [1.54, 1.807) is 7.11 Å². The fraction of sp³-hybridized carbons (Fsp3) is 0.900. The highest BCUT2D eigenvalue weighted by Gasteiger charge is 2.26. The molecule has 0 aliphatic carbocycles. The van der Waals surface area contributed by atoms with E-state index >= 15 is 0 Å². The zero-order chi connectivity index (χ0) is 10.4. The van der Waals surface area contributed by atoms with Gasteiger partial charge in [-0.15, -0.1) is 0 Å². The molecule has 80 valence electrons. The van der Waals surface area contributed by atoms with E-state index in [4.69, 9.17) is 15.7 Å². The quantitative estimate of drug-likeness (QED) is 0.706. The lowest BCUT2D eigenvalue weighted by Crippen LogP contribution is -2.48. The van der Waals surface area contributed by atoms with Crippen molar-refractivity contribution in [2.45, 2.75) is 31.4 Å². The van der Waals surface area contributed by atoms with Crippen molar-refractivity contribution in [1.29, 1.82) is 5.26 Å². The average Bonchev–Trinajstić information content (AvgIpc) is 2.26. The summed E-state index contributed by atoms with van der Waals surface area (Å²) in [5, 5.41) is 8.52. The van der Waals surface area contributed by atoms with Gasteiger partial charge in [-0.05, 0) is 12.8 Å². The molecular weight excluding hydrogens is 178 g/mol. The smallest absolute Gasteiger partial charge is 0.0635 e. The van der Waals surface area contributed by atoms with E-state index in [1.807, 2.05) is 0 Å². The van der Waals surface area contributed by atoms with Gasteiger partial charge in [0.25, 0.3) is 0 Å². The molecule has 0 aromatic carbocycles. The van der Waals surface area contributed by atoms with Gasteiger partial charge in [-0.2, -0.15) is 5.26 Å². The summed E-state index contributed by atoms with van der Waals surface area (Å²) >= 11 is 0. The molecule has 1 heterocycles. The number of likely N-dealkylation sites (tertiary alicyclic amines) is 1. The van der Waals surface area contributed by atoms with Gasteiger partial charge in [-0.25, -0.2) is 0 Å². The highest BCUT2D eigenvalue weighted by Crippen LogP contribution is 2.18. The van der Waals surface area contributed by atoms with Gasteiger partial charge >= 0.3 is 0 Å². The Kier molecular flexibility index (Phi) is 4.88. The molecule has 2 N–H and O–H groups in total. The van der Waals surface area contributed by atoms with Crippen molar-refractivity contribution in [2.24, 2.45) is 5.73 Å². The lowest BCUT2D eigenvalue weighted by molar-refractivity contribution is 0.0142. The van der Waals surface area contributed by atoms with Crippen molar-refractivity contribution >= 4 is 0 Å². The zero-order valence-electron chi connectivity index (χ0n) is 8.78. The average molecular weight is 197 g/mol. The molecule has 0 aromatic rings. The van der Waals surface area contributed by atoms with Crippen molar-refractivity contribution in [3.05, 3.63) is 0 Å². The molecule has 4 heteroatoms. The fourth-order valence-corrected chi connectivity index (χ4v) is 2.01. The second-order valence-corrected chi connectivity index (χ2v) is 3.72. The van der Waals surface area contributed by atoms with Crippen LogP contribution in [0.5, 0.6) is 0 Å². The van der Waals surface area contributed by atoms with E-state index in [2.05, 4.69) is 11.0 Å². The van der Waals surface area contributed by atoms with E-state index < -0.39 is 0 Å². The normalized spacial score (nSPS) is 28.6. The SMILES string of the molecule is COC1CCN(CCC#N)C(CN)C1. The Labute approximate surface area is 85.6 Å². The lowest BCUT2D eigenvalue weighted by atomic mass is 9.99. The summed E-state index contributed by atoms with van der Waals surface area (Å²) in [4.78, 5) is 2.30. The van der Waals surface area contributed by atoms with Gasteiger partial charge in [0.05, 0.1) is 12.2 Å². The van der Waals surface area contributed by atoms with Crippen LogP contribution >= 0.6 is 0 Å². The van der Waals surface area contributed by atoms with Crippen LogP contribution in [0.3, 0.4) is 0 Å². The Hall–Kier alpha value is -0.630. The van der Waals surface area contributed by atoms with E-state index in [-0.39, 0.29) is 0 Å². The number of hydrogen-bond acceptors (Lipinski definition) is 4. The second-order valence-electron chi connectivity index (χ2n) is 3.72. The van der Waals surface area contributed by atoms with Crippen LogP contribution in [0.2, 0.25) is 0 Å². The number of methoxy groups -OCH3 is 1. The molecule has 0 spiro atoms. The lowest BCUT2D eigenvalue weighted by Gasteiger charge is -2.38. The maximum Gasteiger partial charge on any atom is 0.0635 e. The number of nitrogens with zero attached hydrogens (tertiary/aromatic N) is 2. The van der Waals surface area contributed by atoms with E-state index in [0.717, 1.165) is 25.9 Å². The molecule has 14 heavy (non-hydrogen) atoms. The topological polar surface area (TPSA) is 62.3 Å². The van der Waals surface area contributed by atoms with Crippen molar-refractivity contribution in [2.75, 3.05) is 26.7 Å². The van der Waals surface area contributed by atoms with E-state index in [9.17, 15) is 0 Å². The van der Waals surface area contributed by atoms with Crippen LogP contribution in [0.1, 0.15) is 19.3 Å². The van der Waals surface area contributed by atoms with Crippen molar-refractivity contribution in [3.8, 4) is 6.07 Å². The van der Waals surface area contributed by atoms with E-state index in [1.165, 1.54) is 0 Å². The Morgan fingerprint density at radius 2 is 2.43 bits per heavy atom. The third-order valence-corrected chi connectivity index (χ3v) is 2.91. The van der Waals surface area contributed by atoms with Crippen LogP contribution in [0.15, 0.2) is 0 Å². The molecule has 0 amide bonds. The van der Waals surface area contributed by atoms with Crippen molar-refractivity contribution in [1.82, 2.24) is 4.90 Å². The molecule has 0 saturated carbocycles. The second kappa shape index (κ2) is 5.97. The summed E-state index contributed by atoms with van der Waals surface area (Å²) in [7, 11) is 1.75. The molecule has 1 fully saturated rings. The molecule has 1 rings (SSSR count). The largest absolute Gasteiger partial charge is 0.381 e. The summed E-state index contributed by atoms with van der Waals surface area (Å²) < 4.78 is 5.33. The van der Waals surface area contributed by atoms with Crippen LogP contribution in [0, 0.1) is 11.3 Å². The molecule has 1 saturated heterocycles. The minimum atomic E-state index is 0.349. The van der Waals surface area contributed by atoms with Gasteiger partial charge in [0.2, 0.25) is 0 Å². The number of piperidine rings is 1. The Bertz CT molecular complexity index is 202. The van der Waals surface area contributed by atoms with Gasteiger partial charge in [0, 0.05) is 39.2 Å². The predicted molar refractivity (Wildman–Crippen MR) is 54.7 cm³/mol. The van der Waals surface area contributed by atoms with Crippen LogP contribution < -0.4 is 5.73 Å². The first-order valence-corrected chi connectivity index (χ1v) is 5.15. The Morgan fingerprint density at radius 1 is 1.64 bits per heavy atom. The zero-order valence-corrected chi connectivity index (χ0v) is 8.78. The third kappa shape index (κ3) is 2.95. The van der Waals surface area contributed by atoms with Crippen molar-refractivity contribution in [3.63, 3.8) is 0 Å². The minimum absolute atomic E-state index is 0.349. The number of rotatable bonds is 4. The van der Waals surface area contributed by atoms with Crippen LogP contribution in [0.4, 0.5) is 0 Å². The Morgan fingerprint density at radius 3 is 3.00 bits per heavy atom. The minimum Gasteiger partial charge on any atom is -0.381 e. The molecule has 2 unspecified atom stereocenters. The maximum atomic E-state index is 8.52. The summed E-state index contributed by atoms with van der Waals surface area (Å²) in [6.45, 7) is 2.50. The summed E-state index contributed by atoms with van der Waals surface area (Å²) in [5.74, 6) is 0. The number of nitriles is 1.